The fourth-order valence-electron chi connectivity index (χ4n) is 2.30. The fraction of sp³-hybridized carbons (Fsp3) is 0.467. The van der Waals surface area contributed by atoms with E-state index in [0.717, 1.165) is 35.8 Å². The maximum absolute atomic E-state index is 11.9. The van der Waals surface area contributed by atoms with Crippen molar-refractivity contribution in [2.75, 3.05) is 13.2 Å². The van der Waals surface area contributed by atoms with Gasteiger partial charge in [0.2, 0.25) is 0 Å². The Bertz CT molecular complexity index is 470. The van der Waals surface area contributed by atoms with Crippen molar-refractivity contribution >= 4 is 12.4 Å². The van der Waals surface area contributed by atoms with Crippen LogP contribution in [0.2, 0.25) is 0 Å². The van der Waals surface area contributed by atoms with Crippen LogP contribution >= 0.6 is 0 Å². The molecule has 1 aliphatic heterocycles. The predicted octanol–water partition coefficient (Wildman–Crippen LogP) is 2.79. The summed E-state index contributed by atoms with van der Waals surface area (Å²) in [5.74, 6) is 0. The lowest BCUT2D eigenvalue weighted by Gasteiger charge is -2.28. The molecule has 0 radical (unpaired) electrons. The van der Waals surface area contributed by atoms with Crippen LogP contribution in [0.3, 0.4) is 0 Å². The number of rotatable bonds is 4. The van der Waals surface area contributed by atoms with Crippen molar-refractivity contribution < 1.29 is 14.3 Å². The van der Waals surface area contributed by atoms with Crippen molar-refractivity contribution in [2.45, 2.75) is 32.7 Å². The van der Waals surface area contributed by atoms with Gasteiger partial charge in [-0.2, -0.15) is 0 Å². The second-order valence-corrected chi connectivity index (χ2v) is 4.74. The maximum Gasteiger partial charge on any atom is 0.410 e. The number of hydrogen-bond acceptors (Lipinski definition) is 3. The average molecular weight is 261 g/mol. The lowest BCUT2D eigenvalue weighted by molar-refractivity contribution is 0.0965. The molecule has 0 atom stereocenters. The molecule has 1 aromatic carbocycles. The highest BCUT2D eigenvalue weighted by Gasteiger charge is 2.22. The van der Waals surface area contributed by atoms with Gasteiger partial charge in [-0.05, 0) is 24.0 Å². The summed E-state index contributed by atoms with van der Waals surface area (Å²) in [6, 6.07) is 5.64. The normalized spacial score (nSPS) is 13.8. The summed E-state index contributed by atoms with van der Waals surface area (Å²) >= 11 is 0. The number of ether oxygens (including phenoxy) is 1. The number of carbonyl (C=O) groups excluding carboxylic acids is 2. The average Bonchev–Trinajstić information content (AvgIpc) is 2.46. The van der Waals surface area contributed by atoms with Gasteiger partial charge in [0.05, 0.1) is 6.61 Å². The molecule has 0 aliphatic carbocycles. The van der Waals surface area contributed by atoms with Gasteiger partial charge in [0.15, 0.2) is 0 Å². The van der Waals surface area contributed by atoms with Crippen LogP contribution in [-0.4, -0.2) is 30.4 Å². The summed E-state index contributed by atoms with van der Waals surface area (Å²) in [6.45, 7) is 3.68. The Hall–Kier alpha value is -1.84. The molecule has 0 fully saturated rings. The van der Waals surface area contributed by atoms with Gasteiger partial charge in [-0.1, -0.05) is 31.5 Å². The molecule has 0 saturated heterocycles. The lowest BCUT2D eigenvalue weighted by atomic mass is 9.95. The highest BCUT2D eigenvalue weighted by atomic mass is 16.6. The molecule has 1 heterocycles. The zero-order valence-corrected chi connectivity index (χ0v) is 11.2. The zero-order valence-electron chi connectivity index (χ0n) is 11.2. The second-order valence-electron chi connectivity index (χ2n) is 4.74. The highest BCUT2D eigenvalue weighted by Crippen LogP contribution is 2.22. The summed E-state index contributed by atoms with van der Waals surface area (Å²) in [7, 11) is 0. The molecular weight excluding hydrogens is 242 g/mol. The van der Waals surface area contributed by atoms with E-state index in [1.807, 2.05) is 18.2 Å². The van der Waals surface area contributed by atoms with E-state index >= 15 is 0 Å². The summed E-state index contributed by atoms with van der Waals surface area (Å²) in [5.41, 5.74) is 2.84. The van der Waals surface area contributed by atoms with Crippen molar-refractivity contribution in [3.8, 4) is 0 Å². The number of hydrogen-bond donors (Lipinski definition) is 0. The molecule has 1 aromatic rings. The van der Waals surface area contributed by atoms with Crippen LogP contribution < -0.4 is 0 Å². The topological polar surface area (TPSA) is 46.6 Å². The largest absolute Gasteiger partial charge is 0.449 e. The summed E-state index contributed by atoms with van der Waals surface area (Å²) in [5, 5.41) is 0. The summed E-state index contributed by atoms with van der Waals surface area (Å²) in [6.07, 6.45) is 3.25. The summed E-state index contributed by atoms with van der Waals surface area (Å²) in [4.78, 5) is 24.5. The van der Waals surface area contributed by atoms with Crippen molar-refractivity contribution in [1.29, 1.82) is 0 Å². The van der Waals surface area contributed by atoms with Crippen LogP contribution in [0.15, 0.2) is 18.2 Å². The van der Waals surface area contributed by atoms with Crippen LogP contribution in [0.25, 0.3) is 0 Å². The molecule has 4 heteroatoms. The number of carbonyl (C=O) groups is 2. The van der Waals surface area contributed by atoms with Gasteiger partial charge < -0.3 is 9.64 Å². The minimum Gasteiger partial charge on any atom is -0.449 e. The van der Waals surface area contributed by atoms with Gasteiger partial charge in [0.25, 0.3) is 0 Å². The molecule has 1 amide bonds. The van der Waals surface area contributed by atoms with Gasteiger partial charge in [-0.25, -0.2) is 4.79 Å². The first kappa shape index (κ1) is 13.6. The Morgan fingerprint density at radius 3 is 3.05 bits per heavy atom. The SMILES string of the molecule is CCCCOC(=O)N1CCc2c(C=O)cccc2C1. The van der Waals surface area contributed by atoms with Crippen LogP contribution in [0.4, 0.5) is 4.79 Å². The summed E-state index contributed by atoms with van der Waals surface area (Å²) < 4.78 is 5.21. The van der Waals surface area contributed by atoms with Gasteiger partial charge in [-0.15, -0.1) is 0 Å². The molecule has 0 saturated carbocycles. The van der Waals surface area contributed by atoms with Crippen molar-refractivity contribution in [3.05, 3.63) is 34.9 Å². The quantitative estimate of drug-likeness (QED) is 0.618. The Morgan fingerprint density at radius 2 is 2.32 bits per heavy atom. The van der Waals surface area contributed by atoms with Crippen LogP contribution in [0.1, 0.15) is 41.3 Å². The van der Waals surface area contributed by atoms with Crippen LogP contribution in [0, 0.1) is 0 Å². The minimum absolute atomic E-state index is 0.254. The van der Waals surface area contributed by atoms with Crippen LogP contribution in [-0.2, 0) is 17.7 Å². The van der Waals surface area contributed by atoms with Gasteiger partial charge >= 0.3 is 6.09 Å². The molecular formula is C15H19NO3. The molecule has 0 unspecified atom stereocenters. The smallest absolute Gasteiger partial charge is 0.410 e. The van der Waals surface area contributed by atoms with E-state index in [9.17, 15) is 9.59 Å². The van der Waals surface area contributed by atoms with E-state index in [1.54, 1.807) is 4.90 Å². The van der Waals surface area contributed by atoms with Gasteiger partial charge in [-0.3, -0.25) is 4.79 Å². The van der Waals surface area contributed by atoms with E-state index in [1.165, 1.54) is 0 Å². The molecule has 2 rings (SSSR count). The fourth-order valence-corrected chi connectivity index (χ4v) is 2.30. The Labute approximate surface area is 113 Å². The van der Waals surface area contributed by atoms with E-state index in [-0.39, 0.29) is 6.09 Å². The predicted molar refractivity (Wildman–Crippen MR) is 72.2 cm³/mol. The van der Waals surface area contributed by atoms with Crippen LogP contribution in [0.5, 0.6) is 0 Å². The molecule has 102 valence electrons. The number of unbranched alkanes of at least 4 members (excludes halogenated alkanes) is 1. The molecule has 0 spiro atoms. The van der Waals surface area contributed by atoms with E-state index in [2.05, 4.69) is 6.92 Å². The third-order valence-electron chi connectivity index (χ3n) is 3.41. The second kappa shape index (κ2) is 6.36. The molecule has 19 heavy (non-hydrogen) atoms. The number of amides is 1. The van der Waals surface area contributed by atoms with E-state index < -0.39 is 0 Å². The molecule has 0 aromatic heterocycles. The first-order valence-corrected chi connectivity index (χ1v) is 6.74. The first-order valence-electron chi connectivity index (χ1n) is 6.74. The van der Waals surface area contributed by atoms with Gasteiger partial charge in [0, 0.05) is 18.7 Å². The third kappa shape index (κ3) is 3.13. The van der Waals surface area contributed by atoms with Crippen molar-refractivity contribution in [1.82, 2.24) is 4.90 Å². The Kier molecular flexibility index (Phi) is 4.55. The third-order valence-corrected chi connectivity index (χ3v) is 3.41. The molecule has 4 nitrogen and oxygen atoms in total. The molecule has 0 N–H and O–H groups in total. The van der Waals surface area contributed by atoms with Crippen molar-refractivity contribution in [2.24, 2.45) is 0 Å². The number of fused-ring (bicyclic) bond motifs is 1. The minimum atomic E-state index is -0.254. The van der Waals surface area contributed by atoms with Crippen molar-refractivity contribution in [3.63, 3.8) is 0 Å². The first-order chi connectivity index (χ1) is 9.26. The van der Waals surface area contributed by atoms with E-state index in [0.29, 0.717) is 26.1 Å². The zero-order chi connectivity index (χ0) is 13.7. The Morgan fingerprint density at radius 1 is 1.47 bits per heavy atom. The van der Waals surface area contributed by atoms with E-state index in [4.69, 9.17) is 4.74 Å². The number of nitrogens with zero attached hydrogens (tertiary/aromatic N) is 1. The standard InChI is InChI=1S/C15H19NO3/c1-2-3-9-19-15(18)16-8-7-14-12(10-16)5-4-6-13(14)11-17/h4-6,11H,2-3,7-10H2,1H3. The Balaban J connectivity index is 2.02. The number of aldehydes is 1. The molecule has 0 bridgehead atoms. The maximum atomic E-state index is 11.9. The monoisotopic (exact) mass is 261 g/mol. The lowest BCUT2D eigenvalue weighted by Crippen LogP contribution is -2.36. The highest BCUT2D eigenvalue weighted by molar-refractivity contribution is 5.78. The number of benzene rings is 1. The molecule has 1 aliphatic rings. The van der Waals surface area contributed by atoms with Gasteiger partial charge in [0.1, 0.15) is 6.29 Å².